The molecule has 0 bridgehead atoms. The van der Waals surface area contributed by atoms with Gasteiger partial charge in [-0.15, -0.1) is 0 Å². The van der Waals surface area contributed by atoms with E-state index in [9.17, 15) is 14.4 Å². The number of benzene rings is 1. The van der Waals surface area contributed by atoms with Crippen LogP contribution in [-0.4, -0.2) is 39.6 Å². The SMILES string of the molecule is Cc1c(N2CCCC(C(C)NC(=O)O)C2)c(F)cc2c(=O)n(N)c(=O)n(C3CC3)c12. The van der Waals surface area contributed by atoms with E-state index in [2.05, 4.69) is 5.32 Å². The van der Waals surface area contributed by atoms with E-state index in [1.807, 2.05) is 4.90 Å². The molecule has 1 saturated heterocycles. The molecule has 1 aliphatic carbocycles. The molecule has 9 nitrogen and oxygen atoms in total. The number of rotatable bonds is 4. The van der Waals surface area contributed by atoms with Crippen LogP contribution in [0.5, 0.6) is 0 Å². The molecule has 10 heteroatoms. The summed E-state index contributed by atoms with van der Waals surface area (Å²) in [4.78, 5) is 38.1. The predicted octanol–water partition coefficient (Wildman–Crippen LogP) is 1.53. The molecule has 0 radical (unpaired) electrons. The summed E-state index contributed by atoms with van der Waals surface area (Å²) in [5.41, 5.74) is 0.0241. The average Bonchev–Trinajstić information content (AvgIpc) is 3.52. The van der Waals surface area contributed by atoms with Gasteiger partial charge in [0.15, 0.2) is 0 Å². The summed E-state index contributed by atoms with van der Waals surface area (Å²) in [6.45, 7) is 4.62. The molecular formula is C20H26FN5O4. The Hall–Kier alpha value is -3.04. The van der Waals surface area contributed by atoms with Gasteiger partial charge in [-0.05, 0) is 51.5 Å². The molecule has 2 aliphatic rings. The molecular weight excluding hydrogens is 393 g/mol. The third-order valence-electron chi connectivity index (χ3n) is 6.31. The summed E-state index contributed by atoms with van der Waals surface area (Å²) in [7, 11) is 0. The van der Waals surface area contributed by atoms with E-state index >= 15 is 4.39 Å². The van der Waals surface area contributed by atoms with Gasteiger partial charge in [0.05, 0.1) is 16.6 Å². The number of carbonyl (C=O) groups is 1. The highest BCUT2D eigenvalue weighted by molar-refractivity contribution is 5.87. The zero-order chi connectivity index (χ0) is 21.7. The Labute approximate surface area is 171 Å². The second-order valence-corrected chi connectivity index (χ2v) is 8.37. The van der Waals surface area contributed by atoms with Crippen molar-refractivity contribution in [2.75, 3.05) is 23.8 Å². The van der Waals surface area contributed by atoms with Gasteiger partial charge in [-0.1, -0.05) is 0 Å². The number of anilines is 1. The summed E-state index contributed by atoms with van der Waals surface area (Å²) >= 11 is 0. The molecule has 30 heavy (non-hydrogen) atoms. The van der Waals surface area contributed by atoms with Crippen molar-refractivity contribution >= 4 is 22.7 Å². The van der Waals surface area contributed by atoms with E-state index in [1.165, 1.54) is 10.6 Å². The number of hydrogen-bond donors (Lipinski definition) is 3. The first-order valence-corrected chi connectivity index (χ1v) is 10.2. The summed E-state index contributed by atoms with van der Waals surface area (Å²) in [6, 6.07) is 0.856. The van der Waals surface area contributed by atoms with Crippen LogP contribution >= 0.6 is 0 Å². The number of aromatic nitrogens is 2. The topological polar surface area (TPSA) is 123 Å². The number of fused-ring (bicyclic) bond motifs is 1. The lowest BCUT2D eigenvalue weighted by atomic mass is 9.90. The molecule has 1 saturated carbocycles. The molecule has 1 aromatic carbocycles. The average molecular weight is 419 g/mol. The second kappa shape index (κ2) is 7.33. The Bertz CT molecular complexity index is 1140. The van der Waals surface area contributed by atoms with Crippen molar-refractivity contribution in [1.29, 1.82) is 0 Å². The summed E-state index contributed by atoms with van der Waals surface area (Å²) in [5.74, 6) is 5.15. The lowest BCUT2D eigenvalue weighted by molar-refractivity contribution is 0.183. The van der Waals surface area contributed by atoms with Gasteiger partial charge < -0.3 is 21.2 Å². The third kappa shape index (κ3) is 3.29. The number of piperidine rings is 1. The smallest absolute Gasteiger partial charge is 0.404 e. The highest BCUT2D eigenvalue weighted by Crippen LogP contribution is 2.39. The van der Waals surface area contributed by atoms with Gasteiger partial charge in [-0.2, -0.15) is 4.68 Å². The van der Waals surface area contributed by atoms with Gasteiger partial charge in [-0.3, -0.25) is 9.36 Å². The normalized spacial score (nSPS) is 20.4. The van der Waals surface area contributed by atoms with E-state index in [1.54, 1.807) is 13.8 Å². The molecule has 0 spiro atoms. The fourth-order valence-electron chi connectivity index (χ4n) is 4.65. The van der Waals surface area contributed by atoms with Gasteiger partial charge in [0, 0.05) is 30.7 Å². The monoisotopic (exact) mass is 419 g/mol. The van der Waals surface area contributed by atoms with Crippen LogP contribution in [0.25, 0.3) is 10.9 Å². The molecule has 2 aromatic rings. The van der Waals surface area contributed by atoms with Crippen molar-refractivity contribution in [2.45, 2.75) is 51.6 Å². The minimum Gasteiger partial charge on any atom is -0.465 e. The van der Waals surface area contributed by atoms with E-state index < -0.39 is 23.2 Å². The Morgan fingerprint density at radius 3 is 2.67 bits per heavy atom. The number of halogens is 1. The highest BCUT2D eigenvalue weighted by atomic mass is 19.1. The Balaban J connectivity index is 1.83. The molecule has 162 valence electrons. The first-order chi connectivity index (χ1) is 14.2. The number of nitrogens with two attached hydrogens (primary N) is 1. The van der Waals surface area contributed by atoms with Crippen LogP contribution in [0.15, 0.2) is 15.7 Å². The Morgan fingerprint density at radius 1 is 1.33 bits per heavy atom. The maximum absolute atomic E-state index is 15.2. The summed E-state index contributed by atoms with van der Waals surface area (Å²) < 4.78 is 17.3. The van der Waals surface area contributed by atoms with Gasteiger partial charge in [0.2, 0.25) is 0 Å². The Morgan fingerprint density at radius 2 is 2.03 bits per heavy atom. The van der Waals surface area contributed by atoms with Crippen LogP contribution in [0.4, 0.5) is 14.9 Å². The molecule has 1 aliphatic heterocycles. The van der Waals surface area contributed by atoms with Gasteiger partial charge in [0.1, 0.15) is 5.82 Å². The third-order valence-corrected chi connectivity index (χ3v) is 6.31. The molecule has 2 atom stereocenters. The zero-order valence-corrected chi connectivity index (χ0v) is 17.0. The minimum atomic E-state index is -1.08. The number of nitrogens with zero attached hydrogens (tertiary/aromatic N) is 3. The summed E-state index contributed by atoms with van der Waals surface area (Å²) in [6.07, 6.45) is 2.15. The first-order valence-electron chi connectivity index (χ1n) is 10.2. The summed E-state index contributed by atoms with van der Waals surface area (Å²) in [5, 5.41) is 11.6. The minimum absolute atomic E-state index is 0.0204. The van der Waals surface area contributed by atoms with Crippen molar-refractivity contribution in [3.05, 3.63) is 38.3 Å². The van der Waals surface area contributed by atoms with Gasteiger partial charge >= 0.3 is 11.8 Å². The molecule has 2 fully saturated rings. The predicted molar refractivity (Wildman–Crippen MR) is 111 cm³/mol. The van der Waals surface area contributed by atoms with Crippen molar-refractivity contribution in [1.82, 2.24) is 14.6 Å². The van der Waals surface area contributed by atoms with Crippen LogP contribution in [0.1, 0.15) is 44.2 Å². The standard InChI is InChI=1S/C20H26FN5O4/c1-10-16-14(18(27)26(22)20(30)25(16)13-5-6-13)8-15(21)17(10)24-7-3-4-12(9-24)11(2)23-19(28)29/h8,11-13,23H,3-7,9,22H2,1-2H3,(H,28,29). The number of nitrogen functional groups attached to an aromatic ring is 1. The van der Waals surface area contributed by atoms with Crippen molar-refractivity contribution in [3.8, 4) is 0 Å². The van der Waals surface area contributed by atoms with Crippen molar-refractivity contribution < 1.29 is 14.3 Å². The lowest BCUT2D eigenvalue weighted by Crippen LogP contribution is -2.47. The van der Waals surface area contributed by atoms with Crippen LogP contribution < -0.4 is 27.3 Å². The van der Waals surface area contributed by atoms with Crippen LogP contribution in [0.3, 0.4) is 0 Å². The van der Waals surface area contributed by atoms with E-state index in [0.717, 1.165) is 25.7 Å². The second-order valence-electron chi connectivity index (χ2n) is 8.37. The van der Waals surface area contributed by atoms with Crippen LogP contribution in [0, 0.1) is 18.7 Å². The molecule has 1 amide bonds. The Kier molecular flexibility index (Phi) is 4.95. The molecule has 2 heterocycles. The maximum atomic E-state index is 15.2. The quantitative estimate of drug-likeness (QED) is 0.646. The highest BCUT2D eigenvalue weighted by Gasteiger charge is 2.32. The molecule has 1 aromatic heterocycles. The lowest BCUT2D eigenvalue weighted by Gasteiger charge is -2.38. The van der Waals surface area contributed by atoms with E-state index in [4.69, 9.17) is 10.9 Å². The van der Waals surface area contributed by atoms with Crippen LogP contribution in [-0.2, 0) is 0 Å². The van der Waals surface area contributed by atoms with Crippen LogP contribution in [0.2, 0.25) is 0 Å². The number of amides is 1. The zero-order valence-electron chi connectivity index (χ0n) is 17.0. The maximum Gasteiger partial charge on any atom is 0.404 e. The molecule has 4 N–H and O–H groups in total. The molecule has 2 unspecified atom stereocenters. The van der Waals surface area contributed by atoms with E-state index in [-0.39, 0.29) is 23.4 Å². The number of carboxylic acid groups (broad SMARTS) is 1. The number of hydrogen-bond acceptors (Lipinski definition) is 5. The van der Waals surface area contributed by atoms with Crippen molar-refractivity contribution in [3.63, 3.8) is 0 Å². The van der Waals surface area contributed by atoms with Gasteiger partial charge in [-0.25, -0.2) is 14.0 Å². The van der Waals surface area contributed by atoms with Gasteiger partial charge in [0.25, 0.3) is 5.56 Å². The number of nitrogens with one attached hydrogen (secondary N) is 1. The molecule has 4 rings (SSSR count). The first kappa shape index (κ1) is 20.2. The van der Waals surface area contributed by atoms with Crippen molar-refractivity contribution in [2.24, 2.45) is 5.92 Å². The largest absolute Gasteiger partial charge is 0.465 e. The number of aryl methyl sites for hydroxylation is 1. The fourth-order valence-corrected chi connectivity index (χ4v) is 4.65. The van der Waals surface area contributed by atoms with E-state index in [0.29, 0.717) is 34.5 Å². The fraction of sp³-hybridized carbons (Fsp3) is 0.550.